The maximum absolute atomic E-state index is 13.1. The third-order valence-corrected chi connectivity index (χ3v) is 6.86. The molecule has 200 valence electrons. The Morgan fingerprint density at radius 3 is 2.71 bits per heavy atom. The van der Waals surface area contributed by atoms with E-state index < -0.39 is 29.6 Å². The molecule has 0 spiro atoms. The number of benzene rings is 1. The summed E-state index contributed by atoms with van der Waals surface area (Å²) in [6, 6.07) is 6.64. The van der Waals surface area contributed by atoms with Crippen molar-refractivity contribution in [3.05, 3.63) is 43.8 Å². The van der Waals surface area contributed by atoms with Crippen LogP contribution in [-0.2, 0) is 16.1 Å². The number of alkyl halides is 3. The summed E-state index contributed by atoms with van der Waals surface area (Å²) in [5.41, 5.74) is 0.205. The van der Waals surface area contributed by atoms with E-state index in [1.165, 1.54) is 10.8 Å². The average Bonchev–Trinajstić information content (AvgIpc) is 3.46. The quantitative estimate of drug-likeness (QED) is 0.428. The molecule has 0 aliphatic carbocycles. The summed E-state index contributed by atoms with van der Waals surface area (Å²) in [5, 5.41) is 17.5. The molecule has 1 atom stereocenters. The molecule has 1 aliphatic heterocycles. The van der Waals surface area contributed by atoms with Crippen molar-refractivity contribution in [1.29, 1.82) is 5.26 Å². The molecule has 1 aromatic heterocycles. The van der Waals surface area contributed by atoms with E-state index in [1.807, 2.05) is 6.07 Å². The molecule has 1 unspecified atom stereocenters. The zero-order valence-corrected chi connectivity index (χ0v) is 21.2. The summed E-state index contributed by atoms with van der Waals surface area (Å²) in [4.78, 5) is 38.7. The number of likely N-dealkylation sites (tertiary alicyclic amines) is 1. The number of carbonyl (C=O) groups is 2. The molecule has 1 aliphatic rings. The summed E-state index contributed by atoms with van der Waals surface area (Å²) < 4.78 is 41.1. The molecule has 38 heavy (non-hydrogen) atoms. The number of amides is 2. The maximum Gasteiger partial charge on any atom is 0.404 e. The fourth-order valence-corrected chi connectivity index (χ4v) is 5.10. The number of thiazole rings is 1. The maximum atomic E-state index is 13.1. The molecule has 2 amide bonds. The molecule has 9 nitrogen and oxygen atoms in total. The third kappa shape index (κ3) is 6.82. The number of carbonyl (C=O) groups excluding carboxylic acids is 2. The predicted octanol–water partition coefficient (Wildman–Crippen LogP) is 1.17. The van der Waals surface area contributed by atoms with Crippen LogP contribution in [0.2, 0.25) is 0 Å². The van der Waals surface area contributed by atoms with Crippen LogP contribution >= 0.6 is 11.3 Å². The lowest BCUT2D eigenvalue weighted by Gasteiger charge is -2.25. The van der Waals surface area contributed by atoms with Crippen LogP contribution in [0.15, 0.2) is 29.1 Å². The van der Waals surface area contributed by atoms with Crippen molar-refractivity contribution in [2.45, 2.75) is 38.5 Å². The molecular weight excluding hydrogens is 521 g/mol. The lowest BCUT2D eigenvalue weighted by molar-refractivity contribution is -0.176. The van der Waals surface area contributed by atoms with Crippen LogP contribution in [0.4, 0.5) is 24.5 Å². The number of anilines is 2. The van der Waals surface area contributed by atoms with Crippen LogP contribution in [0.3, 0.4) is 0 Å². The van der Waals surface area contributed by atoms with Crippen molar-refractivity contribution in [2.24, 2.45) is 0 Å². The highest BCUT2D eigenvalue weighted by molar-refractivity contribution is 7.07. The van der Waals surface area contributed by atoms with Gasteiger partial charge in [0.05, 0.1) is 13.1 Å². The highest BCUT2D eigenvalue weighted by Crippen LogP contribution is 2.32. The van der Waals surface area contributed by atoms with Gasteiger partial charge in [0.2, 0.25) is 5.91 Å². The van der Waals surface area contributed by atoms with Gasteiger partial charge in [0.15, 0.2) is 5.57 Å². The van der Waals surface area contributed by atoms with Gasteiger partial charge >= 0.3 is 6.18 Å². The predicted molar refractivity (Wildman–Crippen MR) is 138 cm³/mol. The number of rotatable bonds is 8. The summed E-state index contributed by atoms with van der Waals surface area (Å²) in [5.74, 6) is 0.987. The normalized spacial score (nSPS) is 16.9. The number of hydrogen-bond acceptors (Lipinski definition) is 7. The second-order valence-electron chi connectivity index (χ2n) is 8.28. The Labute approximate surface area is 220 Å². The van der Waals surface area contributed by atoms with E-state index >= 15 is 0 Å². The summed E-state index contributed by atoms with van der Waals surface area (Å²) in [6.07, 6.45) is 2.52. The Kier molecular flexibility index (Phi) is 9.34. The Morgan fingerprint density at radius 2 is 2.05 bits per heavy atom. The van der Waals surface area contributed by atoms with Crippen LogP contribution in [0.1, 0.15) is 19.8 Å². The van der Waals surface area contributed by atoms with E-state index in [9.17, 15) is 32.8 Å². The lowest BCUT2D eigenvalue weighted by Crippen LogP contribution is -2.44. The molecule has 0 saturated carbocycles. The molecule has 2 heterocycles. The van der Waals surface area contributed by atoms with E-state index in [4.69, 9.17) is 6.42 Å². The monoisotopic (exact) mass is 546 g/mol. The summed E-state index contributed by atoms with van der Waals surface area (Å²) in [7, 11) is 0. The fraction of sp³-hybridized carbons (Fsp3) is 0.360. The van der Waals surface area contributed by atoms with Gasteiger partial charge in [-0.3, -0.25) is 23.9 Å². The van der Waals surface area contributed by atoms with Gasteiger partial charge in [0, 0.05) is 24.1 Å². The number of nitrogens with one attached hydrogen (secondary N) is 3. The first-order valence-corrected chi connectivity index (χ1v) is 12.4. The van der Waals surface area contributed by atoms with Gasteiger partial charge in [-0.15, -0.1) is 17.8 Å². The van der Waals surface area contributed by atoms with Crippen LogP contribution in [0, 0.1) is 23.7 Å². The first-order chi connectivity index (χ1) is 18.1. The van der Waals surface area contributed by atoms with Gasteiger partial charge in [-0.2, -0.15) is 18.4 Å². The first kappa shape index (κ1) is 28.5. The Hall–Kier alpha value is -4.07. The van der Waals surface area contributed by atoms with Crippen molar-refractivity contribution < 1.29 is 22.8 Å². The fourth-order valence-electron chi connectivity index (χ4n) is 4.01. The third-order valence-electron chi connectivity index (χ3n) is 5.73. The second-order valence-corrected chi connectivity index (χ2v) is 9.31. The molecule has 3 rings (SSSR count). The molecule has 1 fully saturated rings. The van der Waals surface area contributed by atoms with Crippen molar-refractivity contribution in [3.63, 3.8) is 0 Å². The second kappa shape index (κ2) is 12.4. The minimum Gasteiger partial charge on any atom is -0.360 e. The molecule has 2 aromatic rings. The number of hydrogen-bond donors (Lipinski definition) is 3. The van der Waals surface area contributed by atoms with Gasteiger partial charge in [0.25, 0.3) is 11.5 Å². The zero-order valence-electron chi connectivity index (χ0n) is 20.4. The zero-order chi connectivity index (χ0) is 27.9. The first-order valence-electron chi connectivity index (χ1n) is 11.6. The van der Waals surface area contributed by atoms with Crippen molar-refractivity contribution in [2.75, 3.05) is 30.3 Å². The number of aromatic nitrogens is 1. The molecule has 1 aromatic carbocycles. The van der Waals surface area contributed by atoms with Crippen LogP contribution in [0.5, 0.6) is 0 Å². The van der Waals surface area contributed by atoms with Crippen molar-refractivity contribution in [1.82, 2.24) is 14.8 Å². The van der Waals surface area contributed by atoms with Gasteiger partial charge in [-0.25, -0.2) is 0 Å². The Bertz CT molecular complexity index is 1470. The van der Waals surface area contributed by atoms with Crippen LogP contribution < -0.4 is 30.7 Å². The van der Waals surface area contributed by atoms with Gasteiger partial charge < -0.3 is 16.0 Å². The molecule has 1 saturated heterocycles. The van der Waals surface area contributed by atoms with E-state index in [-0.39, 0.29) is 47.4 Å². The van der Waals surface area contributed by atoms with Gasteiger partial charge in [-0.1, -0.05) is 12.0 Å². The van der Waals surface area contributed by atoms with E-state index in [0.29, 0.717) is 17.8 Å². The minimum atomic E-state index is -4.38. The Morgan fingerprint density at radius 1 is 1.32 bits per heavy atom. The molecular formula is C25H25F3N6O3S. The molecule has 0 bridgehead atoms. The number of nitrogens with zero attached hydrogens (tertiary/aromatic N) is 3. The van der Waals surface area contributed by atoms with Crippen molar-refractivity contribution in [3.8, 4) is 18.4 Å². The van der Waals surface area contributed by atoms with Crippen molar-refractivity contribution >= 4 is 46.3 Å². The Balaban J connectivity index is 1.79. The van der Waals surface area contributed by atoms with Gasteiger partial charge in [-0.05, 0) is 44.5 Å². The summed E-state index contributed by atoms with van der Waals surface area (Å²) in [6.45, 7) is 1.67. The topological polar surface area (TPSA) is 119 Å². The molecule has 3 N–H and O–H groups in total. The largest absolute Gasteiger partial charge is 0.404 e. The summed E-state index contributed by atoms with van der Waals surface area (Å²) >= 11 is 0.952. The van der Waals surface area contributed by atoms with E-state index in [2.05, 4.69) is 21.9 Å². The minimum absolute atomic E-state index is 0.0284. The van der Waals surface area contributed by atoms with E-state index in [1.54, 1.807) is 31.2 Å². The smallest absolute Gasteiger partial charge is 0.360 e. The highest BCUT2D eigenvalue weighted by atomic mass is 32.1. The van der Waals surface area contributed by atoms with E-state index in [0.717, 1.165) is 16.2 Å². The lowest BCUT2D eigenvalue weighted by atomic mass is 10.2. The van der Waals surface area contributed by atoms with Crippen LogP contribution in [-0.4, -0.2) is 53.1 Å². The van der Waals surface area contributed by atoms with Crippen LogP contribution in [0.25, 0.3) is 11.8 Å². The average molecular weight is 547 g/mol. The SMILES string of the molecule is C#CCNC(=O)/C(C#N)=c1\s/c(=C/Nc2cccc(NC(=O)CN3CCCC3C(F)(F)F)c2)c(=O)n1CC. The standard InChI is InChI=1S/C25H25F3N6O3S/c1-3-10-30-22(36)18(13-29)24-34(4-2)23(37)19(38-24)14-31-16-7-5-8-17(12-16)32-21(35)15-33-11-6-9-20(33)25(26,27)28/h1,5,7-8,12,14,20,31H,4,6,9-11,15H2,2H3,(H,30,36)(H,32,35)/b19-14+,24-18-. The van der Waals surface area contributed by atoms with Gasteiger partial charge in [0.1, 0.15) is 21.3 Å². The molecule has 0 radical (unpaired) electrons. The highest BCUT2D eigenvalue weighted by Gasteiger charge is 2.46. The number of halogens is 3. The number of terminal acetylenes is 1. The number of nitriles is 1. The molecule has 13 heteroatoms.